The maximum absolute atomic E-state index is 5.52. The third kappa shape index (κ3) is 5.43. The molecule has 2 heterocycles. The van der Waals surface area contributed by atoms with Gasteiger partial charge >= 0.3 is 0 Å². The normalized spacial score (nSPS) is 20.9. The molecule has 0 saturated carbocycles. The maximum atomic E-state index is 5.52. The topological polar surface area (TPSA) is 61.8 Å². The number of nitrogens with one attached hydrogen (secondary N) is 2. The summed E-state index contributed by atoms with van der Waals surface area (Å²) in [5.41, 5.74) is 1.09. The van der Waals surface area contributed by atoms with E-state index in [1.165, 1.54) is 4.88 Å². The first kappa shape index (κ1) is 19.1. The van der Waals surface area contributed by atoms with Crippen LogP contribution >= 0.6 is 11.3 Å². The molecule has 0 radical (unpaired) electrons. The Morgan fingerprint density at radius 2 is 2.25 bits per heavy atom. The van der Waals surface area contributed by atoms with Crippen molar-refractivity contribution < 1.29 is 4.74 Å². The molecule has 1 aromatic rings. The van der Waals surface area contributed by atoms with Crippen LogP contribution in [-0.2, 0) is 11.3 Å². The Morgan fingerprint density at radius 1 is 1.46 bits per heavy atom. The zero-order valence-electron chi connectivity index (χ0n) is 15.6. The summed E-state index contributed by atoms with van der Waals surface area (Å²) in [7, 11) is 0. The largest absolute Gasteiger partial charge is 0.379 e. The zero-order chi connectivity index (χ0) is 17.5. The number of guanidine groups is 1. The van der Waals surface area contributed by atoms with E-state index in [1.54, 1.807) is 11.3 Å². The van der Waals surface area contributed by atoms with E-state index in [-0.39, 0.29) is 0 Å². The molecule has 24 heavy (non-hydrogen) atoms. The van der Waals surface area contributed by atoms with Crippen LogP contribution in [0, 0.1) is 13.8 Å². The molecule has 0 amide bonds. The summed E-state index contributed by atoms with van der Waals surface area (Å²) in [5, 5.41) is 7.91. The first-order valence-corrected chi connectivity index (χ1v) is 9.61. The van der Waals surface area contributed by atoms with Gasteiger partial charge in [-0.1, -0.05) is 0 Å². The lowest BCUT2D eigenvalue weighted by Gasteiger charge is -2.38. The average molecular weight is 354 g/mol. The van der Waals surface area contributed by atoms with Crippen LogP contribution in [0.15, 0.2) is 4.99 Å². The number of hydrogen-bond donors (Lipinski definition) is 2. The van der Waals surface area contributed by atoms with Gasteiger partial charge in [0, 0.05) is 36.6 Å². The second-order valence-corrected chi connectivity index (χ2v) is 7.62. The first-order chi connectivity index (χ1) is 11.5. The minimum absolute atomic E-state index is 0.445. The molecule has 0 aliphatic carbocycles. The number of aromatic nitrogens is 1. The highest BCUT2D eigenvalue weighted by atomic mass is 32.1. The highest BCUT2D eigenvalue weighted by Gasteiger charge is 2.23. The number of morpholine rings is 1. The Balaban J connectivity index is 1.90. The van der Waals surface area contributed by atoms with Crippen molar-refractivity contribution in [1.82, 2.24) is 20.5 Å². The van der Waals surface area contributed by atoms with Gasteiger partial charge in [-0.15, -0.1) is 11.3 Å². The second kappa shape index (κ2) is 9.34. The Kier molecular flexibility index (Phi) is 7.45. The van der Waals surface area contributed by atoms with E-state index in [4.69, 9.17) is 9.73 Å². The lowest BCUT2D eigenvalue weighted by atomic mass is 10.2. The smallest absolute Gasteiger partial charge is 0.191 e. The van der Waals surface area contributed by atoms with E-state index in [1.807, 2.05) is 6.92 Å². The Bertz CT molecular complexity index is 545. The summed E-state index contributed by atoms with van der Waals surface area (Å²) in [5.74, 6) is 0.871. The van der Waals surface area contributed by atoms with E-state index < -0.39 is 0 Å². The summed E-state index contributed by atoms with van der Waals surface area (Å²) in [6.45, 7) is 15.7. The molecule has 0 aromatic carbocycles. The van der Waals surface area contributed by atoms with E-state index in [9.17, 15) is 0 Å². The van der Waals surface area contributed by atoms with Crippen molar-refractivity contribution in [2.75, 3.05) is 32.8 Å². The van der Waals surface area contributed by atoms with Crippen LogP contribution in [0.5, 0.6) is 0 Å². The standard InChI is InChI=1S/C17H31N5OS/c1-6-18-17(20-10-16-14(4)21-15(5)24-16)19-9-12(2)22-7-8-23-11-13(22)3/h12-13H,6-11H2,1-5H3,(H2,18,19,20). The number of ether oxygens (including phenoxy) is 1. The third-order valence-corrected chi connectivity index (χ3v) is 5.33. The maximum Gasteiger partial charge on any atom is 0.191 e. The van der Waals surface area contributed by atoms with Gasteiger partial charge in [0.1, 0.15) is 0 Å². The minimum Gasteiger partial charge on any atom is -0.379 e. The van der Waals surface area contributed by atoms with Gasteiger partial charge in [0.25, 0.3) is 0 Å². The molecule has 2 rings (SSSR count). The minimum atomic E-state index is 0.445. The van der Waals surface area contributed by atoms with Crippen molar-refractivity contribution in [2.45, 2.75) is 53.2 Å². The van der Waals surface area contributed by atoms with Gasteiger partial charge in [-0.25, -0.2) is 9.98 Å². The fraction of sp³-hybridized carbons (Fsp3) is 0.765. The lowest BCUT2D eigenvalue weighted by molar-refractivity contribution is -0.0174. The summed E-state index contributed by atoms with van der Waals surface area (Å²) in [6.07, 6.45) is 0. The van der Waals surface area contributed by atoms with E-state index >= 15 is 0 Å². The quantitative estimate of drug-likeness (QED) is 0.604. The number of rotatable bonds is 6. The van der Waals surface area contributed by atoms with Crippen molar-refractivity contribution in [1.29, 1.82) is 0 Å². The number of hydrogen-bond acceptors (Lipinski definition) is 5. The molecular weight excluding hydrogens is 322 g/mol. The number of aryl methyl sites for hydroxylation is 2. The van der Waals surface area contributed by atoms with Gasteiger partial charge in [0.15, 0.2) is 5.96 Å². The Morgan fingerprint density at radius 3 is 2.88 bits per heavy atom. The van der Waals surface area contributed by atoms with Crippen molar-refractivity contribution in [3.05, 3.63) is 15.6 Å². The highest BCUT2D eigenvalue weighted by molar-refractivity contribution is 7.11. The van der Waals surface area contributed by atoms with Crippen LogP contribution in [0.4, 0.5) is 0 Å². The van der Waals surface area contributed by atoms with Crippen LogP contribution in [0.3, 0.4) is 0 Å². The van der Waals surface area contributed by atoms with Crippen LogP contribution in [0.2, 0.25) is 0 Å². The van der Waals surface area contributed by atoms with Crippen molar-refractivity contribution >= 4 is 17.3 Å². The van der Waals surface area contributed by atoms with Gasteiger partial charge in [0.05, 0.1) is 30.5 Å². The predicted octanol–water partition coefficient (Wildman–Crippen LogP) is 1.92. The van der Waals surface area contributed by atoms with Crippen molar-refractivity contribution in [3.63, 3.8) is 0 Å². The molecule has 0 bridgehead atoms. The molecule has 136 valence electrons. The SMILES string of the molecule is CCNC(=NCc1sc(C)nc1C)NCC(C)N1CCOCC1C. The monoisotopic (exact) mass is 353 g/mol. The van der Waals surface area contributed by atoms with E-state index in [0.29, 0.717) is 18.6 Å². The Labute approximate surface area is 149 Å². The average Bonchev–Trinajstić information content (AvgIpc) is 2.88. The molecule has 1 aliphatic rings. The Hall–Kier alpha value is -1.18. The molecule has 2 unspecified atom stereocenters. The van der Waals surface area contributed by atoms with E-state index in [2.05, 4.69) is 48.2 Å². The van der Waals surface area contributed by atoms with Crippen molar-refractivity contribution in [2.24, 2.45) is 4.99 Å². The first-order valence-electron chi connectivity index (χ1n) is 8.79. The fourth-order valence-electron chi connectivity index (χ4n) is 2.97. The highest BCUT2D eigenvalue weighted by Crippen LogP contribution is 2.17. The van der Waals surface area contributed by atoms with Gasteiger partial charge in [0.2, 0.25) is 0 Å². The summed E-state index contributed by atoms with van der Waals surface area (Å²) < 4.78 is 5.52. The van der Waals surface area contributed by atoms with E-state index in [0.717, 1.165) is 49.5 Å². The summed E-state index contributed by atoms with van der Waals surface area (Å²) >= 11 is 1.73. The molecule has 2 N–H and O–H groups in total. The molecule has 1 aromatic heterocycles. The molecule has 7 heteroatoms. The number of thiazole rings is 1. The molecule has 1 fully saturated rings. The molecule has 1 aliphatic heterocycles. The van der Waals surface area contributed by atoms with Crippen molar-refractivity contribution in [3.8, 4) is 0 Å². The van der Waals surface area contributed by atoms with Crippen LogP contribution < -0.4 is 10.6 Å². The molecule has 2 atom stereocenters. The molecule has 0 spiro atoms. The predicted molar refractivity (Wildman–Crippen MR) is 101 cm³/mol. The van der Waals surface area contributed by atoms with Crippen LogP contribution in [0.25, 0.3) is 0 Å². The molecule has 1 saturated heterocycles. The number of nitrogens with zero attached hydrogens (tertiary/aromatic N) is 3. The molecule has 6 nitrogen and oxygen atoms in total. The van der Waals surface area contributed by atoms with Gasteiger partial charge in [-0.3, -0.25) is 4.90 Å². The zero-order valence-corrected chi connectivity index (χ0v) is 16.4. The number of aliphatic imine (C=N–C) groups is 1. The molecular formula is C17H31N5OS. The van der Waals surface area contributed by atoms with Crippen LogP contribution in [-0.4, -0.2) is 60.8 Å². The lowest BCUT2D eigenvalue weighted by Crippen LogP contribution is -2.53. The van der Waals surface area contributed by atoms with Gasteiger partial charge < -0.3 is 15.4 Å². The summed E-state index contributed by atoms with van der Waals surface area (Å²) in [4.78, 5) is 12.9. The second-order valence-electron chi connectivity index (χ2n) is 6.33. The van der Waals surface area contributed by atoms with Gasteiger partial charge in [-0.2, -0.15) is 0 Å². The van der Waals surface area contributed by atoms with Gasteiger partial charge in [-0.05, 0) is 34.6 Å². The summed E-state index contributed by atoms with van der Waals surface area (Å²) in [6, 6.07) is 0.915. The fourth-order valence-corrected chi connectivity index (χ4v) is 3.83. The third-order valence-electron chi connectivity index (χ3n) is 4.27. The van der Waals surface area contributed by atoms with Crippen LogP contribution in [0.1, 0.15) is 36.3 Å².